The fourth-order valence-corrected chi connectivity index (χ4v) is 3.10. The van der Waals surface area contributed by atoms with Gasteiger partial charge in [0.25, 0.3) is 0 Å². The van der Waals surface area contributed by atoms with Gasteiger partial charge in [0, 0.05) is 18.3 Å². The van der Waals surface area contributed by atoms with Crippen LogP contribution in [0.15, 0.2) is 35.5 Å². The third kappa shape index (κ3) is 5.01. The van der Waals surface area contributed by atoms with Gasteiger partial charge in [-0.05, 0) is 45.0 Å². The lowest BCUT2D eigenvalue weighted by atomic mass is 9.94. The SMILES string of the molecule is CCOC(=O)C1=C(CN(CC)C(C)C)NC(=O)N[C@H]1c1ccc(OC)cc1. The van der Waals surface area contributed by atoms with Crippen LogP contribution in [0.25, 0.3) is 0 Å². The summed E-state index contributed by atoms with van der Waals surface area (Å²) in [6, 6.07) is 6.65. The van der Waals surface area contributed by atoms with Crippen molar-refractivity contribution in [1.82, 2.24) is 15.5 Å². The maximum absolute atomic E-state index is 12.7. The Morgan fingerprint density at radius 1 is 1.22 bits per heavy atom. The third-order valence-corrected chi connectivity index (χ3v) is 4.60. The first-order valence-electron chi connectivity index (χ1n) is 9.26. The normalized spacial score (nSPS) is 17.0. The number of nitrogens with zero attached hydrogens (tertiary/aromatic N) is 1. The number of rotatable bonds is 8. The Kier molecular flexibility index (Phi) is 7.24. The van der Waals surface area contributed by atoms with E-state index in [9.17, 15) is 9.59 Å². The van der Waals surface area contributed by atoms with Crippen molar-refractivity contribution in [1.29, 1.82) is 0 Å². The summed E-state index contributed by atoms with van der Waals surface area (Å²) in [5.74, 6) is 0.276. The number of hydrogen-bond donors (Lipinski definition) is 2. The lowest BCUT2D eigenvalue weighted by Gasteiger charge is -2.33. The Morgan fingerprint density at radius 3 is 2.41 bits per heavy atom. The van der Waals surface area contributed by atoms with Crippen LogP contribution in [-0.2, 0) is 9.53 Å². The Balaban J connectivity index is 2.49. The number of nitrogens with one attached hydrogen (secondary N) is 2. The average Bonchev–Trinajstić information content (AvgIpc) is 2.65. The Morgan fingerprint density at radius 2 is 1.89 bits per heavy atom. The topological polar surface area (TPSA) is 79.9 Å². The monoisotopic (exact) mass is 375 g/mol. The zero-order valence-corrected chi connectivity index (χ0v) is 16.7. The molecule has 0 saturated heterocycles. The molecule has 0 aromatic heterocycles. The van der Waals surface area contributed by atoms with Gasteiger partial charge in [-0.15, -0.1) is 0 Å². The smallest absolute Gasteiger partial charge is 0.338 e. The highest BCUT2D eigenvalue weighted by atomic mass is 16.5. The summed E-state index contributed by atoms with van der Waals surface area (Å²) in [5.41, 5.74) is 1.80. The third-order valence-electron chi connectivity index (χ3n) is 4.60. The van der Waals surface area contributed by atoms with E-state index in [4.69, 9.17) is 9.47 Å². The van der Waals surface area contributed by atoms with Gasteiger partial charge in [0.1, 0.15) is 5.75 Å². The number of urea groups is 1. The zero-order chi connectivity index (χ0) is 20.0. The van der Waals surface area contributed by atoms with E-state index in [1.165, 1.54) is 0 Å². The van der Waals surface area contributed by atoms with Crippen LogP contribution in [0.2, 0.25) is 0 Å². The summed E-state index contributed by atoms with van der Waals surface area (Å²) >= 11 is 0. The Labute approximate surface area is 160 Å². The first kappa shape index (κ1) is 20.8. The van der Waals surface area contributed by atoms with Crippen LogP contribution in [0.5, 0.6) is 5.75 Å². The number of esters is 1. The molecular formula is C20H29N3O4. The van der Waals surface area contributed by atoms with Crippen LogP contribution < -0.4 is 15.4 Å². The van der Waals surface area contributed by atoms with Gasteiger partial charge >= 0.3 is 12.0 Å². The van der Waals surface area contributed by atoms with Crippen molar-refractivity contribution in [2.75, 3.05) is 26.8 Å². The summed E-state index contributed by atoms with van der Waals surface area (Å²) in [6.45, 7) is 9.50. The predicted molar refractivity (Wildman–Crippen MR) is 103 cm³/mol. The Bertz CT molecular complexity index is 698. The highest BCUT2D eigenvalue weighted by molar-refractivity contribution is 5.95. The van der Waals surface area contributed by atoms with Gasteiger partial charge in [0.15, 0.2) is 0 Å². The molecule has 0 saturated carbocycles. The summed E-state index contributed by atoms with van der Waals surface area (Å²) in [7, 11) is 1.59. The number of ether oxygens (including phenoxy) is 2. The van der Waals surface area contributed by atoms with Crippen molar-refractivity contribution in [3.05, 3.63) is 41.1 Å². The second kappa shape index (κ2) is 9.41. The minimum absolute atomic E-state index is 0.264. The van der Waals surface area contributed by atoms with E-state index in [-0.39, 0.29) is 18.7 Å². The van der Waals surface area contributed by atoms with Crippen molar-refractivity contribution in [3.8, 4) is 5.75 Å². The minimum atomic E-state index is -0.579. The summed E-state index contributed by atoms with van der Waals surface area (Å²) in [5, 5.41) is 5.65. The van der Waals surface area contributed by atoms with Gasteiger partial charge in [-0.1, -0.05) is 19.1 Å². The maximum atomic E-state index is 12.7. The van der Waals surface area contributed by atoms with Gasteiger partial charge in [-0.2, -0.15) is 0 Å². The lowest BCUT2D eigenvalue weighted by molar-refractivity contribution is -0.139. The first-order valence-corrected chi connectivity index (χ1v) is 9.26. The lowest BCUT2D eigenvalue weighted by Crippen LogP contribution is -2.49. The molecule has 1 atom stereocenters. The van der Waals surface area contributed by atoms with Gasteiger partial charge in [-0.3, -0.25) is 4.90 Å². The molecule has 7 heteroatoms. The molecule has 1 aliphatic heterocycles. The molecular weight excluding hydrogens is 346 g/mol. The maximum Gasteiger partial charge on any atom is 0.338 e. The largest absolute Gasteiger partial charge is 0.497 e. The molecule has 0 bridgehead atoms. The molecule has 0 aliphatic carbocycles. The highest BCUT2D eigenvalue weighted by Gasteiger charge is 2.34. The van der Waals surface area contributed by atoms with Crippen LogP contribution >= 0.6 is 0 Å². The fraction of sp³-hybridized carbons (Fsp3) is 0.500. The molecule has 0 fully saturated rings. The summed E-state index contributed by atoms with van der Waals surface area (Å²) in [6.07, 6.45) is 0. The molecule has 1 heterocycles. The molecule has 2 rings (SSSR count). The number of likely N-dealkylation sites (N-methyl/N-ethyl adjacent to an activating group) is 1. The van der Waals surface area contributed by atoms with Gasteiger partial charge < -0.3 is 20.1 Å². The van der Waals surface area contributed by atoms with Crippen LogP contribution in [0.1, 0.15) is 39.3 Å². The molecule has 148 valence electrons. The van der Waals surface area contributed by atoms with E-state index in [1.54, 1.807) is 26.2 Å². The standard InChI is InChI=1S/C20H29N3O4/c1-6-23(13(3)4)12-16-17(19(24)27-7-2)18(22-20(25)21-16)14-8-10-15(26-5)11-9-14/h8-11,13,18H,6-7,12H2,1-5H3,(H2,21,22,25)/t18-/m0/s1. The molecule has 0 radical (unpaired) electrons. The van der Waals surface area contributed by atoms with E-state index >= 15 is 0 Å². The quantitative estimate of drug-likeness (QED) is 0.683. The van der Waals surface area contributed by atoms with Crippen LogP contribution in [-0.4, -0.2) is 49.7 Å². The molecule has 1 aliphatic rings. The van der Waals surface area contributed by atoms with Crippen LogP contribution in [0.4, 0.5) is 4.79 Å². The van der Waals surface area contributed by atoms with E-state index in [2.05, 4.69) is 36.3 Å². The van der Waals surface area contributed by atoms with E-state index in [0.29, 0.717) is 23.6 Å². The van der Waals surface area contributed by atoms with Crippen molar-refractivity contribution >= 4 is 12.0 Å². The molecule has 2 N–H and O–H groups in total. The zero-order valence-electron chi connectivity index (χ0n) is 16.7. The number of carbonyl (C=O) groups excluding carboxylic acids is 2. The van der Waals surface area contributed by atoms with Gasteiger partial charge in [0.2, 0.25) is 0 Å². The number of carbonyl (C=O) groups is 2. The summed E-state index contributed by atoms with van der Waals surface area (Å²) < 4.78 is 10.5. The molecule has 0 unspecified atom stereocenters. The number of methoxy groups -OCH3 is 1. The van der Waals surface area contributed by atoms with Gasteiger partial charge in [0.05, 0.1) is 25.3 Å². The van der Waals surface area contributed by atoms with Crippen molar-refractivity contribution in [3.63, 3.8) is 0 Å². The van der Waals surface area contributed by atoms with E-state index < -0.39 is 12.0 Å². The van der Waals surface area contributed by atoms with Crippen molar-refractivity contribution in [2.24, 2.45) is 0 Å². The highest BCUT2D eigenvalue weighted by Crippen LogP contribution is 2.29. The molecule has 0 spiro atoms. The minimum Gasteiger partial charge on any atom is -0.497 e. The second-order valence-corrected chi connectivity index (χ2v) is 6.57. The Hall–Kier alpha value is -2.54. The van der Waals surface area contributed by atoms with Crippen molar-refractivity contribution < 1.29 is 19.1 Å². The van der Waals surface area contributed by atoms with Crippen LogP contribution in [0, 0.1) is 0 Å². The van der Waals surface area contributed by atoms with Crippen molar-refractivity contribution in [2.45, 2.75) is 39.8 Å². The van der Waals surface area contributed by atoms with E-state index in [1.807, 2.05) is 12.1 Å². The second-order valence-electron chi connectivity index (χ2n) is 6.57. The molecule has 1 aromatic carbocycles. The molecule has 7 nitrogen and oxygen atoms in total. The van der Waals surface area contributed by atoms with E-state index in [0.717, 1.165) is 12.1 Å². The number of hydrogen-bond acceptors (Lipinski definition) is 5. The summed E-state index contributed by atoms with van der Waals surface area (Å²) in [4.78, 5) is 27.2. The first-order chi connectivity index (χ1) is 12.9. The molecule has 27 heavy (non-hydrogen) atoms. The fourth-order valence-electron chi connectivity index (χ4n) is 3.10. The number of benzene rings is 1. The molecule has 1 aromatic rings. The number of amides is 2. The average molecular weight is 375 g/mol. The van der Waals surface area contributed by atoms with Crippen LogP contribution in [0.3, 0.4) is 0 Å². The predicted octanol–water partition coefficient (Wildman–Crippen LogP) is 2.60. The van der Waals surface area contributed by atoms with Gasteiger partial charge in [-0.25, -0.2) is 9.59 Å². The molecule has 2 amide bonds.